The van der Waals surface area contributed by atoms with Crippen LogP contribution in [-0.2, 0) is 0 Å². The SMILES string of the molecule is Fc1ccnc2oc3c(-c4nc5ccccc5n4-c4cccc5ccccc45)cccc3c12. The highest BCUT2D eigenvalue weighted by molar-refractivity contribution is 6.09. The van der Waals surface area contributed by atoms with Crippen molar-refractivity contribution in [1.29, 1.82) is 0 Å². The van der Waals surface area contributed by atoms with Crippen LogP contribution in [0.1, 0.15) is 0 Å². The molecule has 0 aliphatic carbocycles. The predicted octanol–water partition coefficient (Wildman–Crippen LogP) is 7.28. The van der Waals surface area contributed by atoms with E-state index in [2.05, 4.69) is 45.9 Å². The Morgan fingerprint density at radius 1 is 0.758 bits per heavy atom. The first-order chi connectivity index (χ1) is 16.3. The number of rotatable bonds is 2. The van der Waals surface area contributed by atoms with Crippen molar-refractivity contribution in [1.82, 2.24) is 14.5 Å². The van der Waals surface area contributed by atoms with Gasteiger partial charge in [-0.1, -0.05) is 60.7 Å². The Hall–Kier alpha value is -4.51. The van der Waals surface area contributed by atoms with Crippen LogP contribution < -0.4 is 0 Å². The highest BCUT2D eigenvalue weighted by Gasteiger charge is 2.21. The summed E-state index contributed by atoms with van der Waals surface area (Å²) in [5.74, 6) is 0.385. The molecule has 0 radical (unpaired) electrons. The fourth-order valence-corrected chi connectivity index (χ4v) is 4.71. The number of benzene rings is 4. The maximum absolute atomic E-state index is 14.6. The molecule has 7 aromatic rings. The lowest BCUT2D eigenvalue weighted by Crippen LogP contribution is -1.99. The third kappa shape index (κ3) is 2.56. The van der Waals surface area contributed by atoms with Crippen LogP contribution in [0.5, 0.6) is 0 Å². The second kappa shape index (κ2) is 6.74. The molecule has 0 spiro atoms. The maximum Gasteiger partial charge on any atom is 0.230 e. The molecule has 7 rings (SSSR count). The monoisotopic (exact) mass is 429 g/mol. The highest BCUT2D eigenvalue weighted by Crippen LogP contribution is 2.38. The fourth-order valence-electron chi connectivity index (χ4n) is 4.71. The predicted molar refractivity (Wildman–Crippen MR) is 129 cm³/mol. The lowest BCUT2D eigenvalue weighted by atomic mass is 10.1. The van der Waals surface area contributed by atoms with Crippen molar-refractivity contribution in [2.45, 2.75) is 0 Å². The Morgan fingerprint density at radius 3 is 2.52 bits per heavy atom. The molecule has 0 aliphatic rings. The van der Waals surface area contributed by atoms with E-state index in [0.29, 0.717) is 16.4 Å². The molecule has 156 valence electrons. The van der Waals surface area contributed by atoms with E-state index >= 15 is 0 Å². The first-order valence-electron chi connectivity index (χ1n) is 10.7. The zero-order valence-corrected chi connectivity index (χ0v) is 17.4. The number of pyridine rings is 1. The summed E-state index contributed by atoms with van der Waals surface area (Å²) in [6.45, 7) is 0. The van der Waals surface area contributed by atoms with Crippen LogP contribution in [0.2, 0.25) is 0 Å². The number of furan rings is 1. The number of aromatic nitrogens is 3. The van der Waals surface area contributed by atoms with Crippen LogP contribution in [0.15, 0.2) is 102 Å². The average molecular weight is 429 g/mol. The number of nitrogens with zero attached hydrogens (tertiary/aromatic N) is 3. The molecule has 33 heavy (non-hydrogen) atoms. The summed E-state index contributed by atoms with van der Waals surface area (Å²) in [6.07, 6.45) is 1.42. The lowest BCUT2D eigenvalue weighted by Gasteiger charge is -2.13. The van der Waals surface area contributed by atoms with E-state index in [-0.39, 0.29) is 11.5 Å². The van der Waals surface area contributed by atoms with Gasteiger partial charge in [-0.3, -0.25) is 4.57 Å². The van der Waals surface area contributed by atoms with Crippen LogP contribution in [0.4, 0.5) is 4.39 Å². The zero-order valence-electron chi connectivity index (χ0n) is 17.4. The molecular formula is C28H16FN3O. The molecule has 0 saturated carbocycles. The minimum absolute atomic E-state index is 0.283. The maximum atomic E-state index is 14.6. The summed E-state index contributed by atoms with van der Waals surface area (Å²) >= 11 is 0. The molecule has 0 unspecified atom stereocenters. The average Bonchev–Trinajstić information content (AvgIpc) is 3.43. The minimum atomic E-state index is -0.349. The van der Waals surface area contributed by atoms with E-state index < -0.39 is 0 Å². The molecule has 5 heteroatoms. The molecule has 3 heterocycles. The summed E-state index contributed by atoms with van der Waals surface area (Å²) in [4.78, 5) is 9.24. The van der Waals surface area contributed by atoms with Crippen molar-refractivity contribution in [3.8, 4) is 17.1 Å². The molecule has 0 atom stereocenters. The van der Waals surface area contributed by atoms with Crippen LogP contribution in [0.3, 0.4) is 0 Å². The quantitative estimate of drug-likeness (QED) is 0.290. The normalized spacial score (nSPS) is 11.8. The Bertz CT molecular complexity index is 1840. The van der Waals surface area contributed by atoms with E-state index in [1.165, 1.54) is 12.3 Å². The van der Waals surface area contributed by atoms with Crippen molar-refractivity contribution in [3.05, 3.63) is 103 Å². The van der Waals surface area contributed by atoms with Crippen molar-refractivity contribution in [2.75, 3.05) is 0 Å². The molecular weight excluding hydrogens is 413 g/mol. The van der Waals surface area contributed by atoms with Crippen LogP contribution in [-0.4, -0.2) is 14.5 Å². The summed E-state index contributed by atoms with van der Waals surface area (Å²) < 4.78 is 22.9. The van der Waals surface area contributed by atoms with Gasteiger partial charge < -0.3 is 4.42 Å². The number of hydrogen-bond donors (Lipinski definition) is 0. The highest BCUT2D eigenvalue weighted by atomic mass is 19.1. The van der Waals surface area contributed by atoms with Gasteiger partial charge in [0.2, 0.25) is 5.71 Å². The van der Waals surface area contributed by atoms with Crippen molar-refractivity contribution < 1.29 is 8.81 Å². The van der Waals surface area contributed by atoms with Crippen LogP contribution in [0.25, 0.3) is 61.0 Å². The molecule has 3 aromatic heterocycles. The van der Waals surface area contributed by atoms with Gasteiger partial charge in [-0.2, -0.15) is 0 Å². The number of hydrogen-bond acceptors (Lipinski definition) is 3. The summed E-state index contributed by atoms with van der Waals surface area (Å²) in [7, 11) is 0. The molecule has 0 N–H and O–H groups in total. The second-order valence-corrected chi connectivity index (χ2v) is 8.02. The van der Waals surface area contributed by atoms with Crippen molar-refractivity contribution in [2.24, 2.45) is 0 Å². The van der Waals surface area contributed by atoms with E-state index in [0.717, 1.165) is 38.9 Å². The van der Waals surface area contributed by atoms with Gasteiger partial charge in [0.15, 0.2) is 0 Å². The number of para-hydroxylation sites is 3. The standard InChI is InChI=1S/C28H16FN3O/c29-21-15-16-30-28-25(21)19-10-6-11-20(26(19)33-28)27-31-22-12-3-4-13-24(22)32(27)23-14-5-8-17-7-1-2-9-18(17)23/h1-16H. The van der Waals surface area contributed by atoms with Gasteiger partial charge in [-0.05, 0) is 35.7 Å². The Kier molecular flexibility index (Phi) is 3.70. The second-order valence-electron chi connectivity index (χ2n) is 8.02. The number of halogens is 1. The summed E-state index contributed by atoms with van der Waals surface area (Å²) in [6, 6.07) is 29.7. The van der Waals surface area contributed by atoms with Crippen LogP contribution in [0, 0.1) is 5.82 Å². The van der Waals surface area contributed by atoms with Gasteiger partial charge in [0.25, 0.3) is 0 Å². The van der Waals surface area contributed by atoms with Gasteiger partial charge >= 0.3 is 0 Å². The first kappa shape index (κ1) is 18.1. The van der Waals surface area contributed by atoms with Crippen molar-refractivity contribution in [3.63, 3.8) is 0 Å². The van der Waals surface area contributed by atoms with E-state index in [1.807, 2.05) is 48.5 Å². The summed E-state index contributed by atoms with van der Waals surface area (Å²) in [5, 5.41) is 3.34. The van der Waals surface area contributed by atoms with Gasteiger partial charge in [0.1, 0.15) is 17.2 Å². The molecule has 0 aliphatic heterocycles. The molecule has 0 fully saturated rings. The number of imidazole rings is 1. The first-order valence-corrected chi connectivity index (χ1v) is 10.7. The van der Waals surface area contributed by atoms with Gasteiger partial charge in [0.05, 0.1) is 27.7 Å². The Morgan fingerprint density at radius 2 is 1.55 bits per heavy atom. The molecule has 0 saturated heterocycles. The largest absolute Gasteiger partial charge is 0.437 e. The summed E-state index contributed by atoms with van der Waals surface area (Å²) in [5.41, 5.74) is 4.52. The Labute approximate surface area is 187 Å². The molecule has 0 bridgehead atoms. The molecule has 4 nitrogen and oxygen atoms in total. The number of fused-ring (bicyclic) bond motifs is 5. The van der Waals surface area contributed by atoms with Crippen LogP contribution >= 0.6 is 0 Å². The zero-order chi connectivity index (χ0) is 21.9. The third-order valence-electron chi connectivity index (χ3n) is 6.16. The molecule has 4 aromatic carbocycles. The topological polar surface area (TPSA) is 43.9 Å². The lowest BCUT2D eigenvalue weighted by molar-refractivity contribution is 0.626. The minimum Gasteiger partial charge on any atom is -0.437 e. The van der Waals surface area contributed by atoms with Gasteiger partial charge in [-0.15, -0.1) is 0 Å². The van der Waals surface area contributed by atoms with E-state index in [1.54, 1.807) is 0 Å². The third-order valence-corrected chi connectivity index (χ3v) is 6.16. The molecule has 0 amide bonds. The smallest absolute Gasteiger partial charge is 0.230 e. The van der Waals surface area contributed by atoms with Crippen molar-refractivity contribution >= 4 is 43.9 Å². The fraction of sp³-hybridized carbons (Fsp3) is 0. The van der Waals surface area contributed by atoms with Gasteiger partial charge in [-0.25, -0.2) is 14.4 Å². The van der Waals surface area contributed by atoms with E-state index in [9.17, 15) is 4.39 Å². The Balaban J connectivity index is 1.63. The van der Waals surface area contributed by atoms with Gasteiger partial charge in [0, 0.05) is 17.0 Å². The van der Waals surface area contributed by atoms with E-state index in [4.69, 9.17) is 9.40 Å².